The second-order valence-corrected chi connectivity index (χ2v) is 8.59. The van der Waals surface area contributed by atoms with Crippen LogP contribution < -0.4 is 0 Å². The molecule has 0 N–H and O–H groups in total. The SMILES string of the molecule is COC(CCl)c1cccc(Cc2cccc(Cc3cccc(Cc4ccccc4)c3)c2)c1. The van der Waals surface area contributed by atoms with Crippen molar-refractivity contribution in [2.45, 2.75) is 25.4 Å². The minimum Gasteiger partial charge on any atom is -0.376 e. The molecule has 4 aromatic carbocycles. The zero-order valence-corrected chi connectivity index (χ0v) is 19.3. The number of rotatable bonds is 9. The smallest absolute Gasteiger partial charge is 0.0956 e. The molecule has 0 aliphatic rings. The third-order valence-electron chi connectivity index (χ3n) is 5.80. The number of halogens is 1. The zero-order chi connectivity index (χ0) is 22.2. The van der Waals surface area contributed by atoms with Gasteiger partial charge in [-0.25, -0.2) is 0 Å². The van der Waals surface area contributed by atoms with E-state index in [1.165, 1.54) is 33.4 Å². The van der Waals surface area contributed by atoms with E-state index in [1.54, 1.807) is 7.11 Å². The maximum Gasteiger partial charge on any atom is 0.0956 e. The lowest BCUT2D eigenvalue weighted by Crippen LogP contribution is -2.03. The quantitative estimate of drug-likeness (QED) is 0.246. The normalized spacial score (nSPS) is 11.9. The van der Waals surface area contributed by atoms with Crippen molar-refractivity contribution in [2.75, 3.05) is 13.0 Å². The number of ether oxygens (including phenoxy) is 1. The topological polar surface area (TPSA) is 9.23 Å². The second kappa shape index (κ2) is 11.1. The maximum atomic E-state index is 6.04. The molecule has 32 heavy (non-hydrogen) atoms. The predicted molar refractivity (Wildman–Crippen MR) is 135 cm³/mol. The average molecular weight is 441 g/mol. The summed E-state index contributed by atoms with van der Waals surface area (Å²) in [5.41, 5.74) is 9.11. The van der Waals surface area contributed by atoms with Crippen LogP contribution in [0.1, 0.15) is 45.0 Å². The van der Waals surface area contributed by atoms with Gasteiger partial charge < -0.3 is 4.74 Å². The summed E-state index contributed by atoms with van der Waals surface area (Å²) in [6.07, 6.45) is 2.74. The number of hydrogen-bond donors (Lipinski definition) is 0. The van der Waals surface area contributed by atoms with E-state index in [9.17, 15) is 0 Å². The lowest BCUT2D eigenvalue weighted by atomic mass is 9.96. The summed E-state index contributed by atoms with van der Waals surface area (Å²) in [5.74, 6) is 0.457. The van der Waals surface area contributed by atoms with E-state index in [4.69, 9.17) is 16.3 Å². The molecule has 0 radical (unpaired) electrons. The monoisotopic (exact) mass is 440 g/mol. The van der Waals surface area contributed by atoms with Crippen molar-refractivity contribution in [1.82, 2.24) is 0 Å². The van der Waals surface area contributed by atoms with Crippen molar-refractivity contribution < 1.29 is 4.74 Å². The van der Waals surface area contributed by atoms with Crippen molar-refractivity contribution >= 4 is 11.6 Å². The van der Waals surface area contributed by atoms with Crippen LogP contribution in [0.3, 0.4) is 0 Å². The van der Waals surface area contributed by atoms with Crippen LogP contribution in [0.5, 0.6) is 0 Å². The predicted octanol–water partition coefficient (Wildman–Crippen LogP) is 7.39. The largest absolute Gasteiger partial charge is 0.376 e. The Kier molecular flexibility index (Phi) is 7.77. The molecule has 0 amide bonds. The van der Waals surface area contributed by atoms with Crippen LogP contribution in [0.4, 0.5) is 0 Å². The van der Waals surface area contributed by atoms with Crippen LogP contribution in [0, 0.1) is 0 Å². The molecule has 0 saturated carbocycles. The first-order valence-corrected chi connectivity index (χ1v) is 11.6. The molecule has 0 aromatic heterocycles. The Bertz CT molecular complexity index is 1130. The van der Waals surface area contributed by atoms with Crippen LogP contribution in [0.25, 0.3) is 0 Å². The molecule has 4 aromatic rings. The number of methoxy groups -OCH3 is 1. The molecule has 1 atom stereocenters. The third-order valence-corrected chi connectivity index (χ3v) is 6.08. The zero-order valence-electron chi connectivity index (χ0n) is 18.5. The van der Waals surface area contributed by atoms with Crippen LogP contribution >= 0.6 is 11.6 Å². The van der Waals surface area contributed by atoms with E-state index in [-0.39, 0.29) is 6.10 Å². The summed E-state index contributed by atoms with van der Waals surface area (Å²) < 4.78 is 5.49. The Labute approximate surface area is 196 Å². The van der Waals surface area contributed by atoms with Crippen molar-refractivity contribution in [3.05, 3.63) is 142 Å². The Morgan fingerprint density at radius 2 is 1.00 bits per heavy atom. The van der Waals surface area contributed by atoms with Gasteiger partial charge in [-0.05, 0) is 58.2 Å². The van der Waals surface area contributed by atoms with E-state index in [0.717, 1.165) is 24.8 Å². The lowest BCUT2D eigenvalue weighted by molar-refractivity contribution is 0.122. The fraction of sp³-hybridized carbons (Fsp3) is 0.200. The lowest BCUT2D eigenvalue weighted by Gasteiger charge is -2.14. The van der Waals surface area contributed by atoms with Gasteiger partial charge in [-0.15, -0.1) is 11.6 Å². The van der Waals surface area contributed by atoms with E-state index in [2.05, 4.69) is 103 Å². The second-order valence-electron chi connectivity index (χ2n) is 8.28. The molecule has 0 aliphatic heterocycles. The molecular weight excluding hydrogens is 412 g/mol. The van der Waals surface area contributed by atoms with Gasteiger partial charge in [-0.2, -0.15) is 0 Å². The van der Waals surface area contributed by atoms with Crippen LogP contribution in [-0.4, -0.2) is 13.0 Å². The van der Waals surface area contributed by atoms with Crippen LogP contribution in [0.2, 0.25) is 0 Å². The highest BCUT2D eigenvalue weighted by atomic mass is 35.5. The molecule has 2 heteroatoms. The fourth-order valence-electron chi connectivity index (χ4n) is 4.19. The fourth-order valence-corrected chi connectivity index (χ4v) is 4.50. The summed E-state index contributed by atoms with van der Waals surface area (Å²) in [6.45, 7) is 0. The Morgan fingerprint density at radius 3 is 1.50 bits per heavy atom. The highest BCUT2D eigenvalue weighted by Gasteiger charge is 2.09. The summed E-state index contributed by atoms with van der Waals surface area (Å²) in [5, 5.41) is 0. The summed E-state index contributed by atoms with van der Waals surface area (Å²) in [7, 11) is 1.71. The van der Waals surface area contributed by atoms with Crippen molar-refractivity contribution in [2.24, 2.45) is 0 Å². The van der Waals surface area contributed by atoms with Gasteiger partial charge in [0.15, 0.2) is 0 Å². The van der Waals surface area contributed by atoms with Gasteiger partial charge in [-0.1, -0.05) is 103 Å². The molecule has 0 fully saturated rings. The molecule has 0 spiro atoms. The summed E-state index contributed by atoms with van der Waals surface area (Å²) in [4.78, 5) is 0. The van der Waals surface area contributed by atoms with Gasteiger partial charge >= 0.3 is 0 Å². The highest BCUT2D eigenvalue weighted by molar-refractivity contribution is 6.18. The molecular formula is C30H29ClO. The van der Waals surface area contributed by atoms with Gasteiger partial charge in [0, 0.05) is 7.11 Å². The molecule has 0 bridgehead atoms. The van der Waals surface area contributed by atoms with Crippen LogP contribution in [-0.2, 0) is 24.0 Å². The first-order chi connectivity index (χ1) is 15.7. The molecule has 162 valence electrons. The summed E-state index contributed by atoms with van der Waals surface area (Å²) >= 11 is 6.04. The molecule has 4 rings (SSSR count). The average Bonchev–Trinajstić information content (AvgIpc) is 2.81. The minimum atomic E-state index is -0.0638. The molecule has 0 saturated heterocycles. The number of hydrogen-bond acceptors (Lipinski definition) is 1. The first kappa shape index (κ1) is 22.3. The van der Waals surface area contributed by atoms with Crippen molar-refractivity contribution in [3.8, 4) is 0 Å². The maximum absolute atomic E-state index is 6.04. The van der Waals surface area contributed by atoms with E-state index < -0.39 is 0 Å². The molecule has 0 heterocycles. The van der Waals surface area contributed by atoms with E-state index in [1.807, 2.05) is 0 Å². The van der Waals surface area contributed by atoms with Crippen molar-refractivity contribution in [3.63, 3.8) is 0 Å². The minimum absolute atomic E-state index is 0.0638. The standard InChI is InChI=1S/C30H29ClO/c1-32-30(22-31)29-15-7-14-28(21-29)20-27-13-6-12-26(19-27)18-25-11-5-10-24(17-25)16-23-8-3-2-4-9-23/h2-15,17,19,21,30H,16,18,20,22H2,1H3. The van der Waals surface area contributed by atoms with Crippen molar-refractivity contribution in [1.29, 1.82) is 0 Å². The highest BCUT2D eigenvalue weighted by Crippen LogP contribution is 2.22. The van der Waals surface area contributed by atoms with Gasteiger partial charge in [0.25, 0.3) is 0 Å². The molecule has 1 nitrogen and oxygen atoms in total. The Balaban J connectivity index is 1.46. The number of alkyl halides is 1. The number of benzene rings is 4. The van der Waals surface area contributed by atoms with E-state index in [0.29, 0.717) is 5.88 Å². The molecule has 0 aliphatic carbocycles. The van der Waals surface area contributed by atoms with Gasteiger partial charge in [0.1, 0.15) is 0 Å². The van der Waals surface area contributed by atoms with Gasteiger partial charge in [-0.3, -0.25) is 0 Å². The van der Waals surface area contributed by atoms with Gasteiger partial charge in [0.05, 0.1) is 12.0 Å². The first-order valence-electron chi connectivity index (χ1n) is 11.1. The van der Waals surface area contributed by atoms with E-state index >= 15 is 0 Å². The van der Waals surface area contributed by atoms with Crippen LogP contribution in [0.15, 0.2) is 103 Å². The Hall–Kier alpha value is -2.87. The van der Waals surface area contributed by atoms with Gasteiger partial charge in [0.2, 0.25) is 0 Å². The Morgan fingerprint density at radius 1 is 0.562 bits per heavy atom. The summed E-state index contributed by atoms with van der Waals surface area (Å²) in [6, 6.07) is 37.1. The molecule has 1 unspecified atom stereocenters. The third kappa shape index (κ3) is 6.09.